The van der Waals surface area contributed by atoms with E-state index in [0.717, 1.165) is 18.4 Å². The molecule has 2 fully saturated rings. The average Bonchev–Trinajstić information content (AvgIpc) is 2.79. The Morgan fingerprint density at radius 3 is 2.53 bits per heavy atom. The Morgan fingerprint density at radius 1 is 1.06 bits per heavy atom. The molecule has 9 heteroatoms. The van der Waals surface area contributed by atoms with Crippen LogP contribution in [0.4, 0.5) is 0 Å². The van der Waals surface area contributed by atoms with Crippen LogP contribution in [0.5, 0.6) is 0 Å². The largest absolute Gasteiger partial charge is 0.370 e. The Labute approximate surface area is 199 Å². The van der Waals surface area contributed by atoms with Crippen molar-refractivity contribution in [3.05, 3.63) is 63.6 Å². The maximum Gasteiger partial charge on any atom is 0.254 e. The van der Waals surface area contributed by atoms with Gasteiger partial charge in [0.2, 0.25) is 10.0 Å². The van der Waals surface area contributed by atoms with Crippen LogP contribution in [0.3, 0.4) is 0 Å². The molecule has 0 spiro atoms. The van der Waals surface area contributed by atoms with Gasteiger partial charge in [-0.25, -0.2) is 8.42 Å². The van der Waals surface area contributed by atoms with Gasteiger partial charge in [-0.2, -0.15) is 4.31 Å². The van der Waals surface area contributed by atoms with Crippen LogP contribution in [0.15, 0.2) is 47.4 Å². The summed E-state index contributed by atoms with van der Waals surface area (Å²) in [5, 5.41) is 0.760. The number of ether oxygens (including phenoxy) is 1. The third kappa shape index (κ3) is 4.97. The molecule has 0 aromatic heterocycles. The van der Waals surface area contributed by atoms with Crippen molar-refractivity contribution in [3.63, 3.8) is 0 Å². The average molecular weight is 497 g/mol. The van der Waals surface area contributed by atoms with Gasteiger partial charge in [-0.1, -0.05) is 42.3 Å². The lowest BCUT2D eigenvalue weighted by molar-refractivity contribution is -0.0228. The number of carbonyl (C=O) groups is 1. The number of rotatable bonds is 4. The number of benzene rings is 2. The molecule has 0 aliphatic carbocycles. The molecule has 4 rings (SSSR count). The Bertz CT molecular complexity index is 1090. The molecule has 2 aliphatic heterocycles. The molecule has 2 atom stereocenters. The molecule has 0 radical (unpaired) electrons. The van der Waals surface area contributed by atoms with Gasteiger partial charge in [0, 0.05) is 30.2 Å². The number of hydrogen-bond acceptors (Lipinski definition) is 4. The predicted octanol–water partition coefficient (Wildman–Crippen LogP) is 4.63. The Balaban J connectivity index is 1.56. The minimum atomic E-state index is -3.78. The standard InChI is InChI=1S/C23H26Cl2N2O4S/c1-16-3-2-10-27(14-16)32(29,30)22-13-18(6-9-20(22)25)23(28)26-11-12-31-21(15-26)17-4-7-19(24)8-5-17/h4-9,13,16,21H,2-3,10-12,14-15H2,1H3. The third-order valence-electron chi connectivity index (χ3n) is 6.01. The summed E-state index contributed by atoms with van der Waals surface area (Å²) in [5.41, 5.74) is 1.24. The zero-order valence-electron chi connectivity index (χ0n) is 17.8. The maximum atomic E-state index is 13.3. The van der Waals surface area contributed by atoms with Crippen molar-refractivity contribution < 1.29 is 17.9 Å². The van der Waals surface area contributed by atoms with Crippen molar-refractivity contribution in [2.45, 2.75) is 30.8 Å². The number of piperidine rings is 1. The molecule has 0 saturated carbocycles. The number of carbonyl (C=O) groups excluding carboxylic acids is 1. The lowest BCUT2D eigenvalue weighted by Gasteiger charge is -2.33. The minimum Gasteiger partial charge on any atom is -0.370 e. The van der Waals surface area contributed by atoms with E-state index in [2.05, 4.69) is 0 Å². The SMILES string of the molecule is CC1CCCN(S(=O)(=O)c2cc(C(=O)N3CCOC(c4ccc(Cl)cc4)C3)ccc2Cl)C1. The first-order chi connectivity index (χ1) is 15.3. The molecule has 2 aromatic carbocycles. The normalized spacial score (nSPS) is 22.7. The van der Waals surface area contributed by atoms with Crippen molar-refractivity contribution in [2.24, 2.45) is 5.92 Å². The Morgan fingerprint density at radius 2 is 1.81 bits per heavy atom. The van der Waals surface area contributed by atoms with Crippen LogP contribution in [0, 0.1) is 5.92 Å². The molecule has 2 heterocycles. The summed E-state index contributed by atoms with van der Waals surface area (Å²) in [6, 6.07) is 11.8. The second kappa shape index (κ2) is 9.69. The van der Waals surface area contributed by atoms with Crippen molar-refractivity contribution in [3.8, 4) is 0 Å². The summed E-state index contributed by atoms with van der Waals surface area (Å²) in [6.45, 7) is 4.16. The van der Waals surface area contributed by atoms with Crippen LogP contribution in [-0.2, 0) is 14.8 Å². The van der Waals surface area contributed by atoms with Gasteiger partial charge >= 0.3 is 0 Å². The predicted molar refractivity (Wildman–Crippen MR) is 125 cm³/mol. The van der Waals surface area contributed by atoms with Crippen molar-refractivity contribution in [2.75, 3.05) is 32.8 Å². The van der Waals surface area contributed by atoms with E-state index in [-0.39, 0.29) is 21.9 Å². The van der Waals surface area contributed by atoms with Crippen molar-refractivity contribution in [1.29, 1.82) is 0 Å². The number of hydrogen-bond donors (Lipinski definition) is 0. The van der Waals surface area contributed by atoms with Gasteiger partial charge in [0.1, 0.15) is 11.0 Å². The number of halogens is 2. The summed E-state index contributed by atoms with van der Waals surface area (Å²) < 4.78 is 33.8. The van der Waals surface area contributed by atoms with Crippen LogP contribution in [0.2, 0.25) is 10.0 Å². The molecule has 32 heavy (non-hydrogen) atoms. The lowest BCUT2D eigenvalue weighted by Crippen LogP contribution is -2.42. The molecular formula is C23H26Cl2N2O4S. The first-order valence-electron chi connectivity index (χ1n) is 10.7. The van der Waals surface area contributed by atoms with E-state index >= 15 is 0 Å². The Kier molecular flexibility index (Phi) is 7.12. The van der Waals surface area contributed by atoms with Gasteiger partial charge in [-0.15, -0.1) is 0 Å². The van der Waals surface area contributed by atoms with Gasteiger partial charge in [-0.3, -0.25) is 4.79 Å². The Hall–Kier alpha value is -1.64. The highest BCUT2D eigenvalue weighted by Gasteiger charge is 2.32. The van der Waals surface area contributed by atoms with Gasteiger partial charge in [0.15, 0.2) is 0 Å². The van der Waals surface area contributed by atoms with E-state index in [9.17, 15) is 13.2 Å². The summed E-state index contributed by atoms with van der Waals surface area (Å²) in [7, 11) is -3.78. The van der Waals surface area contributed by atoms with Crippen LogP contribution in [0.1, 0.15) is 41.8 Å². The maximum absolute atomic E-state index is 13.3. The monoisotopic (exact) mass is 496 g/mol. The summed E-state index contributed by atoms with van der Waals surface area (Å²) in [5.74, 6) is 0.0488. The fourth-order valence-electron chi connectivity index (χ4n) is 4.23. The highest BCUT2D eigenvalue weighted by atomic mass is 35.5. The van der Waals surface area contributed by atoms with Crippen LogP contribution >= 0.6 is 23.2 Å². The van der Waals surface area contributed by atoms with Gasteiger partial charge in [-0.05, 0) is 54.7 Å². The highest BCUT2D eigenvalue weighted by molar-refractivity contribution is 7.89. The highest BCUT2D eigenvalue weighted by Crippen LogP contribution is 2.30. The van der Waals surface area contributed by atoms with Crippen molar-refractivity contribution >= 4 is 39.1 Å². The first-order valence-corrected chi connectivity index (χ1v) is 12.9. The molecule has 2 saturated heterocycles. The van der Waals surface area contributed by atoms with Gasteiger partial charge in [0.25, 0.3) is 5.91 Å². The first kappa shape index (κ1) is 23.5. The molecule has 172 valence electrons. The number of nitrogens with zero attached hydrogens (tertiary/aromatic N) is 2. The van der Waals surface area contributed by atoms with E-state index in [1.54, 1.807) is 23.1 Å². The fourth-order valence-corrected chi connectivity index (χ4v) is 6.46. The van der Waals surface area contributed by atoms with E-state index in [1.165, 1.54) is 16.4 Å². The molecule has 1 amide bonds. The number of amides is 1. The summed E-state index contributed by atoms with van der Waals surface area (Å²) >= 11 is 12.3. The minimum absolute atomic E-state index is 0.0124. The zero-order valence-corrected chi connectivity index (χ0v) is 20.2. The van der Waals surface area contributed by atoms with E-state index in [4.69, 9.17) is 27.9 Å². The zero-order chi connectivity index (χ0) is 22.9. The molecule has 0 N–H and O–H groups in total. The van der Waals surface area contributed by atoms with Crippen LogP contribution < -0.4 is 0 Å². The summed E-state index contributed by atoms with van der Waals surface area (Å²) in [4.78, 5) is 14.9. The van der Waals surface area contributed by atoms with Gasteiger partial charge < -0.3 is 9.64 Å². The van der Waals surface area contributed by atoms with Gasteiger partial charge in [0.05, 0.1) is 18.2 Å². The molecule has 2 unspecified atom stereocenters. The van der Waals surface area contributed by atoms with Crippen LogP contribution in [0.25, 0.3) is 0 Å². The number of morpholine rings is 1. The van der Waals surface area contributed by atoms with Crippen LogP contribution in [-0.4, -0.2) is 56.3 Å². The quantitative estimate of drug-likeness (QED) is 0.618. The second-order valence-electron chi connectivity index (χ2n) is 8.42. The molecule has 0 bridgehead atoms. The molecule has 2 aromatic rings. The molecule has 6 nitrogen and oxygen atoms in total. The fraction of sp³-hybridized carbons (Fsp3) is 0.435. The number of sulfonamides is 1. The third-order valence-corrected chi connectivity index (χ3v) is 8.61. The molecular weight excluding hydrogens is 471 g/mol. The van der Waals surface area contributed by atoms with E-state index in [1.807, 2.05) is 19.1 Å². The van der Waals surface area contributed by atoms with Crippen molar-refractivity contribution in [1.82, 2.24) is 9.21 Å². The topological polar surface area (TPSA) is 66.9 Å². The van der Waals surface area contributed by atoms with E-state index < -0.39 is 10.0 Å². The molecule has 2 aliphatic rings. The second-order valence-corrected chi connectivity index (χ2v) is 11.2. The smallest absolute Gasteiger partial charge is 0.254 e. The van der Waals surface area contributed by atoms with E-state index in [0.29, 0.717) is 49.3 Å². The lowest BCUT2D eigenvalue weighted by atomic mass is 10.0. The summed E-state index contributed by atoms with van der Waals surface area (Å²) in [6.07, 6.45) is 1.55.